The lowest BCUT2D eigenvalue weighted by Crippen LogP contribution is -2.28. The molecule has 0 aromatic heterocycles. The van der Waals surface area contributed by atoms with E-state index in [9.17, 15) is 14.9 Å². The van der Waals surface area contributed by atoms with Crippen LogP contribution in [0.5, 0.6) is 0 Å². The third-order valence-electron chi connectivity index (χ3n) is 3.40. The Bertz CT molecular complexity index is 510. The van der Waals surface area contributed by atoms with Crippen LogP contribution in [0.25, 0.3) is 0 Å². The number of amides is 1. The van der Waals surface area contributed by atoms with Gasteiger partial charge in [0.25, 0.3) is 11.6 Å². The van der Waals surface area contributed by atoms with Crippen molar-refractivity contribution in [1.29, 1.82) is 0 Å². The maximum atomic E-state index is 12.4. The fourth-order valence-electron chi connectivity index (χ4n) is 2.34. The largest absolute Gasteiger partial charge is 0.385 e. The van der Waals surface area contributed by atoms with E-state index >= 15 is 0 Å². The van der Waals surface area contributed by atoms with Gasteiger partial charge in [-0.15, -0.1) is 0 Å². The van der Waals surface area contributed by atoms with Crippen LogP contribution in [0.15, 0.2) is 18.2 Å². The van der Waals surface area contributed by atoms with E-state index in [1.54, 1.807) is 17.0 Å². The van der Waals surface area contributed by atoms with Crippen LogP contribution in [0.3, 0.4) is 0 Å². The van der Waals surface area contributed by atoms with Gasteiger partial charge in [0.05, 0.1) is 4.92 Å². The van der Waals surface area contributed by atoms with Crippen LogP contribution >= 0.6 is 0 Å². The lowest BCUT2D eigenvalue weighted by Gasteiger charge is -2.16. The number of hydrogen-bond donors (Lipinski definition) is 1. The summed E-state index contributed by atoms with van der Waals surface area (Å²) in [6, 6.07) is 4.64. The highest BCUT2D eigenvalue weighted by Crippen LogP contribution is 2.25. The standard InChI is InChI=1S/C14H19N3O3/c1-2-7-15-11-5-6-13(17(19)20)12(10-11)14(18)16-8-3-4-9-16/h5-6,10,15H,2-4,7-9H2,1H3. The molecule has 0 bridgehead atoms. The van der Waals surface area contributed by atoms with E-state index in [1.165, 1.54) is 6.07 Å². The van der Waals surface area contributed by atoms with E-state index < -0.39 is 4.92 Å². The SMILES string of the molecule is CCCNc1ccc([N+](=O)[O-])c(C(=O)N2CCCC2)c1. The average molecular weight is 277 g/mol. The van der Waals surface area contributed by atoms with E-state index in [1.807, 2.05) is 6.92 Å². The minimum absolute atomic E-state index is 0.121. The van der Waals surface area contributed by atoms with Crippen LogP contribution in [0, 0.1) is 10.1 Å². The molecule has 2 rings (SSSR count). The van der Waals surface area contributed by atoms with Gasteiger partial charge in [0.15, 0.2) is 0 Å². The number of rotatable bonds is 5. The molecule has 0 radical (unpaired) electrons. The molecule has 6 nitrogen and oxygen atoms in total. The highest BCUT2D eigenvalue weighted by Gasteiger charge is 2.26. The zero-order valence-electron chi connectivity index (χ0n) is 11.6. The second-order valence-electron chi connectivity index (χ2n) is 4.92. The number of nitro benzene ring substituents is 1. The zero-order valence-corrected chi connectivity index (χ0v) is 11.6. The number of nitrogens with one attached hydrogen (secondary N) is 1. The summed E-state index contributed by atoms with van der Waals surface area (Å²) in [5, 5.41) is 14.2. The third kappa shape index (κ3) is 3.07. The van der Waals surface area contributed by atoms with Crippen molar-refractivity contribution in [2.45, 2.75) is 26.2 Å². The third-order valence-corrected chi connectivity index (χ3v) is 3.40. The normalized spacial score (nSPS) is 14.3. The lowest BCUT2D eigenvalue weighted by molar-refractivity contribution is -0.385. The van der Waals surface area contributed by atoms with Gasteiger partial charge in [-0.1, -0.05) is 6.92 Å². The molecular formula is C14H19N3O3. The Morgan fingerprint density at radius 2 is 2.10 bits per heavy atom. The maximum Gasteiger partial charge on any atom is 0.282 e. The van der Waals surface area contributed by atoms with Gasteiger partial charge in [-0.3, -0.25) is 14.9 Å². The van der Waals surface area contributed by atoms with E-state index in [0.29, 0.717) is 13.1 Å². The van der Waals surface area contributed by atoms with E-state index in [0.717, 1.165) is 31.5 Å². The molecule has 1 aliphatic heterocycles. The van der Waals surface area contributed by atoms with Crippen molar-refractivity contribution < 1.29 is 9.72 Å². The zero-order chi connectivity index (χ0) is 14.5. The van der Waals surface area contributed by atoms with Gasteiger partial charge in [-0.25, -0.2) is 0 Å². The second kappa shape index (κ2) is 6.36. The number of hydrogen-bond acceptors (Lipinski definition) is 4. The van der Waals surface area contributed by atoms with Crippen molar-refractivity contribution in [3.63, 3.8) is 0 Å². The molecule has 20 heavy (non-hydrogen) atoms. The minimum atomic E-state index is -0.493. The lowest BCUT2D eigenvalue weighted by atomic mass is 10.1. The van der Waals surface area contributed by atoms with Crippen molar-refractivity contribution in [1.82, 2.24) is 4.90 Å². The predicted octanol–water partition coefficient (Wildman–Crippen LogP) is 2.65. The van der Waals surface area contributed by atoms with Crippen LogP contribution in [-0.2, 0) is 0 Å². The molecule has 0 aliphatic carbocycles. The molecule has 1 saturated heterocycles. The van der Waals surface area contributed by atoms with Gasteiger partial charge in [0.1, 0.15) is 5.56 Å². The summed E-state index contributed by atoms with van der Waals surface area (Å²) in [5.41, 5.74) is 0.807. The van der Waals surface area contributed by atoms with Crippen molar-refractivity contribution in [2.75, 3.05) is 25.0 Å². The number of likely N-dealkylation sites (tertiary alicyclic amines) is 1. The Hall–Kier alpha value is -2.11. The topological polar surface area (TPSA) is 75.5 Å². The van der Waals surface area contributed by atoms with Gasteiger partial charge in [-0.2, -0.15) is 0 Å². The van der Waals surface area contributed by atoms with Gasteiger partial charge in [-0.05, 0) is 31.4 Å². The minimum Gasteiger partial charge on any atom is -0.385 e. The number of benzene rings is 1. The quantitative estimate of drug-likeness (QED) is 0.663. The molecule has 0 atom stereocenters. The number of carbonyl (C=O) groups is 1. The van der Waals surface area contributed by atoms with Crippen molar-refractivity contribution in [2.24, 2.45) is 0 Å². The molecule has 1 heterocycles. The Morgan fingerprint density at radius 1 is 1.40 bits per heavy atom. The number of nitrogens with zero attached hydrogens (tertiary/aromatic N) is 2. The number of anilines is 1. The Kier molecular flexibility index (Phi) is 4.55. The fourth-order valence-corrected chi connectivity index (χ4v) is 2.34. The molecule has 1 N–H and O–H groups in total. The molecular weight excluding hydrogens is 258 g/mol. The monoisotopic (exact) mass is 277 g/mol. The molecule has 1 amide bonds. The van der Waals surface area contributed by atoms with Crippen LogP contribution in [0.1, 0.15) is 36.5 Å². The Balaban J connectivity index is 2.30. The first-order chi connectivity index (χ1) is 9.63. The van der Waals surface area contributed by atoms with Crippen LogP contribution in [-0.4, -0.2) is 35.4 Å². The summed E-state index contributed by atoms with van der Waals surface area (Å²) in [6.45, 7) is 4.18. The highest BCUT2D eigenvalue weighted by molar-refractivity contribution is 5.99. The number of nitro groups is 1. The molecule has 1 fully saturated rings. The average Bonchev–Trinajstić information content (AvgIpc) is 2.98. The summed E-state index contributed by atoms with van der Waals surface area (Å²) >= 11 is 0. The van der Waals surface area contributed by atoms with Crippen molar-refractivity contribution in [3.8, 4) is 0 Å². The maximum absolute atomic E-state index is 12.4. The highest BCUT2D eigenvalue weighted by atomic mass is 16.6. The molecule has 1 aliphatic rings. The smallest absolute Gasteiger partial charge is 0.282 e. The predicted molar refractivity (Wildman–Crippen MR) is 77.0 cm³/mol. The van der Waals surface area contributed by atoms with E-state index in [4.69, 9.17) is 0 Å². The van der Waals surface area contributed by atoms with Gasteiger partial charge >= 0.3 is 0 Å². The second-order valence-corrected chi connectivity index (χ2v) is 4.92. The van der Waals surface area contributed by atoms with Crippen molar-refractivity contribution in [3.05, 3.63) is 33.9 Å². The van der Waals surface area contributed by atoms with Gasteiger partial charge in [0, 0.05) is 31.4 Å². The van der Waals surface area contributed by atoms with Crippen LogP contribution < -0.4 is 5.32 Å². The molecule has 1 aromatic carbocycles. The number of carbonyl (C=O) groups excluding carboxylic acids is 1. The van der Waals surface area contributed by atoms with E-state index in [-0.39, 0.29) is 17.2 Å². The molecule has 6 heteroatoms. The van der Waals surface area contributed by atoms with Crippen molar-refractivity contribution >= 4 is 17.3 Å². The van der Waals surface area contributed by atoms with Crippen LogP contribution in [0.2, 0.25) is 0 Å². The fraction of sp³-hybridized carbons (Fsp3) is 0.500. The Morgan fingerprint density at radius 3 is 2.70 bits per heavy atom. The first-order valence-corrected chi connectivity index (χ1v) is 6.95. The summed E-state index contributed by atoms with van der Waals surface area (Å²) in [4.78, 5) is 24.7. The van der Waals surface area contributed by atoms with Gasteiger partial charge in [0.2, 0.25) is 0 Å². The summed E-state index contributed by atoms with van der Waals surface area (Å²) in [5.74, 6) is -0.241. The molecule has 0 spiro atoms. The van der Waals surface area contributed by atoms with E-state index in [2.05, 4.69) is 5.32 Å². The van der Waals surface area contributed by atoms with Crippen LogP contribution in [0.4, 0.5) is 11.4 Å². The first kappa shape index (κ1) is 14.3. The molecule has 108 valence electrons. The molecule has 0 unspecified atom stereocenters. The van der Waals surface area contributed by atoms with Gasteiger partial charge < -0.3 is 10.2 Å². The molecule has 0 saturated carbocycles. The first-order valence-electron chi connectivity index (χ1n) is 6.95. The summed E-state index contributed by atoms with van der Waals surface area (Å²) < 4.78 is 0. The summed E-state index contributed by atoms with van der Waals surface area (Å²) in [7, 11) is 0. The summed E-state index contributed by atoms with van der Waals surface area (Å²) in [6.07, 6.45) is 2.88. The molecule has 1 aromatic rings. The Labute approximate surface area is 117 Å².